The summed E-state index contributed by atoms with van der Waals surface area (Å²) in [4.78, 5) is 4.78. The number of hydrogen-bond donors (Lipinski definition) is 2. The molecule has 0 amide bonds. The number of rotatable bonds is 4. The molecule has 1 aromatic heterocycles. The van der Waals surface area contributed by atoms with E-state index < -0.39 is 0 Å². The number of aryl methyl sites for hydroxylation is 2. The highest BCUT2D eigenvalue weighted by molar-refractivity contribution is 7.99. The van der Waals surface area contributed by atoms with E-state index in [1.54, 1.807) is 11.8 Å². The summed E-state index contributed by atoms with van der Waals surface area (Å²) in [6.07, 6.45) is 6.98. The summed E-state index contributed by atoms with van der Waals surface area (Å²) < 4.78 is 5.65. The van der Waals surface area contributed by atoms with Gasteiger partial charge in [0.05, 0.1) is 11.7 Å². The summed E-state index contributed by atoms with van der Waals surface area (Å²) in [6, 6.07) is 2.05. The van der Waals surface area contributed by atoms with Gasteiger partial charge in [-0.2, -0.15) is 0 Å². The molecule has 114 valence electrons. The molecular formula is C15H21N3O2S. The maximum Gasteiger partial charge on any atom is 0.172 e. The SMILES string of the molecule is N/C(=N/O)c1cc2c(nc1SCC1CCCO1)CCCC2. The maximum atomic E-state index is 9.00. The third-order valence-electron chi connectivity index (χ3n) is 4.08. The standard InChI is InChI=1S/C15H21N3O2S/c16-14(18-19)12-8-10-4-1-2-6-13(10)17-15(12)21-9-11-5-3-7-20-11/h8,11,19H,1-7,9H2,(H2,16,18). The predicted molar refractivity (Wildman–Crippen MR) is 83.1 cm³/mol. The summed E-state index contributed by atoms with van der Waals surface area (Å²) >= 11 is 1.65. The van der Waals surface area contributed by atoms with E-state index in [2.05, 4.69) is 5.16 Å². The van der Waals surface area contributed by atoms with Crippen LogP contribution in [-0.2, 0) is 17.6 Å². The van der Waals surface area contributed by atoms with Crippen LogP contribution in [0.4, 0.5) is 0 Å². The van der Waals surface area contributed by atoms with Crippen molar-refractivity contribution < 1.29 is 9.94 Å². The molecule has 1 aliphatic heterocycles. The number of thioether (sulfide) groups is 1. The van der Waals surface area contributed by atoms with Crippen LogP contribution < -0.4 is 5.73 Å². The van der Waals surface area contributed by atoms with E-state index in [0.29, 0.717) is 6.10 Å². The van der Waals surface area contributed by atoms with Gasteiger partial charge in [-0.25, -0.2) is 4.98 Å². The van der Waals surface area contributed by atoms with Gasteiger partial charge in [0.15, 0.2) is 5.84 Å². The fourth-order valence-electron chi connectivity index (χ4n) is 2.91. The molecule has 1 aromatic rings. The second-order valence-corrected chi connectivity index (χ2v) is 6.59. The molecule has 0 aromatic carbocycles. The van der Waals surface area contributed by atoms with E-state index in [-0.39, 0.29) is 5.84 Å². The number of nitrogens with two attached hydrogens (primary N) is 1. The minimum atomic E-state index is 0.144. The molecule has 2 aliphatic rings. The Hall–Kier alpha value is -1.27. The Morgan fingerprint density at radius 3 is 3.05 bits per heavy atom. The number of fused-ring (bicyclic) bond motifs is 1. The first kappa shape index (κ1) is 14.7. The highest BCUT2D eigenvalue weighted by Gasteiger charge is 2.20. The Morgan fingerprint density at radius 1 is 1.43 bits per heavy atom. The highest BCUT2D eigenvalue weighted by Crippen LogP contribution is 2.29. The Labute approximate surface area is 129 Å². The van der Waals surface area contributed by atoms with E-state index in [1.807, 2.05) is 6.07 Å². The van der Waals surface area contributed by atoms with Crippen LogP contribution in [0, 0.1) is 0 Å². The van der Waals surface area contributed by atoms with Gasteiger partial charge in [-0.15, -0.1) is 11.8 Å². The van der Waals surface area contributed by atoms with E-state index in [0.717, 1.165) is 48.6 Å². The van der Waals surface area contributed by atoms with Gasteiger partial charge in [0, 0.05) is 18.1 Å². The van der Waals surface area contributed by atoms with Crippen molar-refractivity contribution in [3.8, 4) is 0 Å². The fourth-order valence-corrected chi connectivity index (χ4v) is 4.01. The summed E-state index contributed by atoms with van der Waals surface area (Å²) in [7, 11) is 0. The second kappa shape index (κ2) is 6.66. The molecule has 3 rings (SSSR count). The molecule has 1 atom stereocenters. The van der Waals surface area contributed by atoms with Crippen molar-refractivity contribution in [2.24, 2.45) is 10.9 Å². The number of amidine groups is 1. The van der Waals surface area contributed by atoms with Crippen LogP contribution in [0.1, 0.15) is 42.5 Å². The molecular weight excluding hydrogens is 286 g/mol. The van der Waals surface area contributed by atoms with Crippen molar-refractivity contribution in [3.05, 3.63) is 22.9 Å². The number of oxime groups is 1. The van der Waals surface area contributed by atoms with Crippen LogP contribution in [0.15, 0.2) is 16.2 Å². The number of hydrogen-bond acceptors (Lipinski definition) is 5. The van der Waals surface area contributed by atoms with Crippen LogP contribution in [0.2, 0.25) is 0 Å². The minimum Gasteiger partial charge on any atom is -0.409 e. The van der Waals surface area contributed by atoms with Crippen molar-refractivity contribution in [2.75, 3.05) is 12.4 Å². The van der Waals surface area contributed by atoms with Crippen LogP contribution in [0.25, 0.3) is 0 Å². The lowest BCUT2D eigenvalue weighted by molar-refractivity contribution is 0.129. The van der Waals surface area contributed by atoms with Crippen molar-refractivity contribution in [1.29, 1.82) is 0 Å². The first-order valence-corrected chi connectivity index (χ1v) is 8.51. The number of ether oxygens (including phenoxy) is 1. The maximum absolute atomic E-state index is 9.00. The van der Waals surface area contributed by atoms with Crippen molar-refractivity contribution in [2.45, 2.75) is 49.7 Å². The van der Waals surface area contributed by atoms with Gasteiger partial charge in [-0.1, -0.05) is 5.16 Å². The summed E-state index contributed by atoms with van der Waals surface area (Å²) in [5, 5.41) is 13.0. The minimum absolute atomic E-state index is 0.144. The molecule has 0 saturated carbocycles. The zero-order valence-corrected chi connectivity index (χ0v) is 12.9. The normalized spacial score (nSPS) is 22.3. The average Bonchev–Trinajstić information content (AvgIpc) is 3.04. The molecule has 1 saturated heterocycles. The van der Waals surface area contributed by atoms with Crippen molar-refractivity contribution >= 4 is 17.6 Å². The monoisotopic (exact) mass is 307 g/mol. The van der Waals surface area contributed by atoms with E-state index in [9.17, 15) is 0 Å². The van der Waals surface area contributed by atoms with Crippen LogP contribution in [-0.4, -0.2) is 34.5 Å². The Balaban J connectivity index is 1.84. The predicted octanol–water partition coefficient (Wildman–Crippen LogP) is 2.33. The molecule has 21 heavy (non-hydrogen) atoms. The summed E-state index contributed by atoms with van der Waals surface area (Å²) in [6.45, 7) is 0.857. The van der Waals surface area contributed by atoms with Gasteiger partial charge >= 0.3 is 0 Å². The summed E-state index contributed by atoms with van der Waals surface area (Å²) in [5.41, 5.74) is 8.99. The Bertz CT molecular complexity index is 542. The average molecular weight is 307 g/mol. The molecule has 0 spiro atoms. The molecule has 5 nitrogen and oxygen atoms in total. The quantitative estimate of drug-likeness (QED) is 0.293. The fraction of sp³-hybridized carbons (Fsp3) is 0.600. The van der Waals surface area contributed by atoms with E-state index in [1.165, 1.54) is 24.1 Å². The van der Waals surface area contributed by atoms with Crippen LogP contribution in [0.3, 0.4) is 0 Å². The number of aromatic nitrogens is 1. The van der Waals surface area contributed by atoms with E-state index >= 15 is 0 Å². The van der Waals surface area contributed by atoms with Crippen LogP contribution >= 0.6 is 11.8 Å². The zero-order valence-electron chi connectivity index (χ0n) is 12.0. The second-order valence-electron chi connectivity index (χ2n) is 5.59. The molecule has 1 aliphatic carbocycles. The van der Waals surface area contributed by atoms with Gasteiger partial charge in [-0.3, -0.25) is 0 Å². The molecule has 3 N–H and O–H groups in total. The molecule has 1 fully saturated rings. The van der Waals surface area contributed by atoms with Crippen molar-refractivity contribution in [3.63, 3.8) is 0 Å². The summed E-state index contributed by atoms with van der Waals surface area (Å²) in [5.74, 6) is 1.02. The lowest BCUT2D eigenvalue weighted by atomic mass is 9.95. The van der Waals surface area contributed by atoms with Gasteiger partial charge < -0.3 is 15.7 Å². The molecule has 1 unspecified atom stereocenters. The molecule has 6 heteroatoms. The lowest BCUT2D eigenvalue weighted by Crippen LogP contribution is -2.18. The Morgan fingerprint density at radius 2 is 2.29 bits per heavy atom. The Kier molecular flexibility index (Phi) is 4.65. The molecule has 0 radical (unpaired) electrons. The van der Waals surface area contributed by atoms with Crippen molar-refractivity contribution in [1.82, 2.24) is 4.98 Å². The topological polar surface area (TPSA) is 80.7 Å². The highest BCUT2D eigenvalue weighted by atomic mass is 32.2. The van der Waals surface area contributed by atoms with Crippen LogP contribution in [0.5, 0.6) is 0 Å². The number of nitrogens with zero attached hydrogens (tertiary/aromatic N) is 2. The largest absolute Gasteiger partial charge is 0.409 e. The van der Waals surface area contributed by atoms with Gasteiger partial charge in [0.25, 0.3) is 0 Å². The third-order valence-corrected chi connectivity index (χ3v) is 5.20. The van der Waals surface area contributed by atoms with Gasteiger partial charge in [-0.05, 0) is 50.2 Å². The third kappa shape index (κ3) is 3.32. The molecule has 2 heterocycles. The number of pyridine rings is 1. The lowest BCUT2D eigenvalue weighted by Gasteiger charge is -2.18. The van der Waals surface area contributed by atoms with Gasteiger partial charge in [0.2, 0.25) is 0 Å². The first-order valence-electron chi connectivity index (χ1n) is 7.53. The van der Waals surface area contributed by atoms with E-state index in [4.69, 9.17) is 20.7 Å². The molecule has 0 bridgehead atoms. The van der Waals surface area contributed by atoms with Gasteiger partial charge in [0.1, 0.15) is 5.03 Å². The smallest absolute Gasteiger partial charge is 0.172 e. The zero-order chi connectivity index (χ0) is 14.7. The first-order chi connectivity index (χ1) is 10.3.